The molecule has 6 nitrogen and oxygen atoms in total. The number of aryl methyl sites for hydroxylation is 1. The van der Waals surface area contributed by atoms with E-state index in [2.05, 4.69) is 25.4 Å². The molecule has 2 aliphatic rings. The fourth-order valence-corrected chi connectivity index (χ4v) is 4.33. The number of halogens is 1. The van der Waals surface area contributed by atoms with E-state index in [1.165, 1.54) is 0 Å². The molecule has 4 rings (SSSR count). The van der Waals surface area contributed by atoms with Crippen LogP contribution in [0.25, 0.3) is 10.8 Å². The molecule has 2 aromatic rings. The van der Waals surface area contributed by atoms with Crippen LogP contribution in [-0.2, 0) is 4.79 Å². The van der Waals surface area contributed by atoms with Crippen LogP contribution < -0.4 is 10.2 Å². The lowest BCUT2D eigenvalue weighted by atomic mass is 9.82. The molecule has 2 saturated heterocycles. The molecule has 26 heavy (non-hydrogen) atoms. The lowest BCUT2D eigenvalue weighted by molar-refractivity contribution is -0.128. The number of carbonyl (C=O) groups excluding carboxylic acids is 1. The van der Waals surface area contributed by atoms with Crippen molar-refractivity contribution in [3.05, 3.63) is 23.1 Å². The Labute approximate surface area is 158 Å². The van der Waals surface area contributed by atoms with Gasteiger partial charge < -0.3 is 10.2 Å². The largest absolute Gasteiger partial charge is 0.357 e. The summed E-state index contributed by atoms with van der Waals surface area (Å²) in [4.78, 5) is 19.6. The van der Waals surface area contributed by atoms with E-state index in [4.69, 9.17) is 11.6 Å². The number of hydrogen-bond donors (Lipinski definition) is 1. The van der Waals surface area contributed by atoms with Gasteiger partial charge in [0.1, 0.15) is 11.6 Å². The SMILES string of the molecule is Cc1nnc(Cl)c2cc(N3CCC(C(=O)C4CCNCC4)CC3)ncc12. The van der Waals surface area contributed by atoms with Gasteiger partial charge in [-0.2, -0.15) is 5.10 Å². The third kappa shape index (κ3) is 3.40. The molecular formula is C19H24ClN5O. The van der Waals surface area contributed by atoms with Crippen molar-refractivity contribution in [3.8, 4) is 0 Å². The minimum absolute atomic E-state index is 0.200. The van der Waals surface area contributed by atoms with E-state index in [0.29, 0.717) is 10.9 Å². The quantitative estimate of drug-likeness (QED) is 0.892. The number of pyridine rings is 1. The minimum Gasteiger partial charge on any atom is -0.357 e. The number of nitrogens with one attached hydrogen (secondary N) is 1. The Bertz CT molecular complexity index is 813. The third-order valence-electron chi connectivity index (χ3n) is 5.75. The zero-order chi connectivity index (χ0) is 18.1. The molecule has 1 N–H and O–H groups in total. The maximum atomic E-state index is 12.8. The second-order valence-electron chi connectivity index (χ2n) is 7.35. The Balaban J connectivity index is 1.45. The molecule has 138 valence electrons. The van der Waals surface area contributed by atoms with Gasteiger partial charge in [-0.15, -0.1) is 5.10 Å². The normalized spacial score (nSPS) is 19.8. The molecule has 0 aromatic carbocycles. The molecular weight excluding hydrogens is 350 g/mol. The zero-order valence-corrected chi connectivity index (χ0v) is 15.8. The highest BCUT2D eigenvalue weighted by Crippen LogP contribution is 2.30. The topological polar surface area (TPSA) is 71.0 Å². The van der Waals surface area contributed by atoms with E-state index >= 15 is 0 Å². The highest BCUT2D eigenvalue weighted by atomic mass is 35.5. The number of ketones is 1. The molecule has 0 atom stereocenters. The van der Waals surface area contributed by atoms with Gasteiger partial charge in [0.25, 0.3) is 0 Å². The van der Waals surface area contributed by atoms with Crippen LogP contribution in [0.4, 0.5) is 5.82 Å². The molecule has 2 aromatic heterocycles. The second-order valence-corrected chi connectivity index (χ2v) is 7.71. The van der Waals surface area contributed by atoms with Crippen LogP contribution in [0.1, 0.15) is 31.4 Å². The summed E-state index contributed by atoms with van der Waals surface area (Å²) in [5, 5.41) is 13.6. The maximum absolute atomic E-state index is 12.8. The molecule has 4 heterocycles. The highest BCUT2D eigenvalue weighted by molar-refractivity contribution is 6.34. The van der Waals surface area contributed by atoms with Gasteiger partial charge in [-0.1, -0.05) is 11.6 Å². The summed E-state index contributed by atoms with van der Waals surface area (Å²) >= 11 is 6.22. The first-order valence-corrected chi connectivity index (χ1v) is 9.79. The Morgan fingerprint density at radius 1 is 1.12 bits per heavy atom. The summed E-state index contributed by atoms with van der Waals surface area (Å²) in [6.07, 6.45) is 5.62. The number of rotatable bonds is 3. The van der Waals surface area contributed by atoms with Crippen molar-refractivity contribution in [2.24, 2.45) is 11.8 Å². The van der Waals surface area contributed by atoms with Crippen molar-refractivity contribution >= 4 is 34.0 Å². The number of Topliss-reactive ketones (excluding diaryl/α,β-unsaturated/α-hetero) is 1. The smallest absolute Gasteiger partial charge is 0.159 e. The van der Waals surface area contributed by atoms with Crippen LogP contribution >= 0.6 is 11.6 Å². The maximum Gasteiger partial charge on any atom is 0.159 e. The molecule has 0 aliphatic carbocycles. The lowest BCUT2D eigenvalue weighted by Gasteiger charge is -2.34. The number of hydrogen-bond acceptors (Lipinski definition) is 6. The molecule has 0 saturated carbocycles. The molecule has 0 radical (unpaired) electrons. The van der Waals surface area contributed by atoms with Crippen LogP contribution in [0.3, 0.4) is 0 Å². The molecule has 0 unspecified atom stereocenters. The van der Waals surface area contributed by atoms with Gasteiger partial charge in [0.2, 0.25) is 0 Å². The third-order valence-corrected chi connectivity index (χ3v) is 6.03. The Morgan fingerprint density at radius 2 is 1.81 bits per heavy atom. The van der Waals surface area contributed by atoms with Gasteiger partial charge in [0, 0.05) is 41.9 Å². The van der Waals surface area contributed by atoms with Crippen LogP contribution in [0.2, 0.25) is 5.15 Å². The first-order chi connectivity index (χ1) is 12.6. The summed E-state index contributed by atoms with van der Waals surface area (Å²) in [6, 6.07) is 1.99. The van der Waals surface area contributed by atoms with E-state index in [1.54, 1.807) is 0 Å². The summed E-state index contributed by atoms with van der Waals surface area (Å²) < 4.78 is 0. The highest BCUT2D eigenvalue weighted by Gasteiger charge is 2.31. The van der Waals surface area contributed by atoms with Crippen molar-refractivity contribution in [2.45, 2.75) is 32.6 Å². The van der Waals surface area contributed by atoms with Crippen LogP contribution in [0.15, 0.2) is 12.3 Å². The second kappa shape index (κ2) is 7.45. The standard InChI is InChI=1S/C19H24ClN5O/c1-12-16-11-22-17(10-15(16)19(20)24-23-12)25-8-4-14(5-9-25)18(26)13-2-6-21-7-3-13/h10-11,13-14,21H,2-9H2,1H3. The van der Waals surface area contributed by atoms with Gasteiger partial charge in [-0.05, 0) is 51.8 Å². The Morgan fingerprint density at radius 3 is 2.54 bits per heavy atom. The number of piperidine rings is 2. The van der Waals surface area contributed by atoms with Gasteiger partial charge in [-0.3, -0.25) is 4.79 Å². The lowest BCUT2D eigenvalue weighted by Crippen LogP contribution is -2.40. The van der Waals surface area contributed by atoms with Crippen LogP contribution in [0.5, 0.6) is 0 Å². The molecule has 7 heteroatoms. The average molecular weight is 374 g/mol. The van der Waals surface area contributed by atoms with Gasteiger partial charge in [0.05, 0.1) is 5.69 Å². The number of carbonyl (C=O) groups is 1. The van der Waals surface area contributed by atoms with Crippen molar-refractivity contribution in [1.82, 2.24) is 20.5 Å². The summed E-state index contributed by atoms with van der Waals surface area (Å²) in [6.45, 7) is 5.56. The first-order valence-electron chi connectivity index (χ1n) is 9.41. The summed E-state index contributed by atoms with van der Waals surface area (Å²) in [7, 11) is 0. The fraction of sp³-hybridized carbons (Fsp3) is 0.579. The summed E-state index contributed by atoms with van der Waals surface area (Å²) in [5.41, 5.74) is 0.828. The molecule has 2 fully saturated rings. The van der Waals surface area contributed by atoms with E-state index in [-0.39, 0.29) is 11.8 Å². The zero-order valence-electron chi connectivity index (χ0n) is 15.0. The number of fused-ring (bicyclic) bond motifs is 1. The van der Waals surface area contributed by atoms with Crippen LogP contribution in [-0.4, -0.2) is 47.1 Å². The van der Waals surface area contributed by atoms with Gasteiger partial charge in [-0.25, -0.2) is 4.98 Å². The number of nitrogens with zero attached hydrogens (tertiary/aromatic N) is 4. The van der Waals surface area contributed by atoms with E-state index in [9.17, 15) is 4.79 Å². The van der Waals surface area contributed by atoms with Crippen molar-refractivity contribution < 1.29 is 4.79 Å². The van der Waals surface area contributed by atoms with E-state index < -0.39 is 0 Å². The predicted octanol–water partition coefficient (Wildman–Crippen LogP) is 2.77. The van der Waals surface area contributed by atoms with E-state index in [0.717, 1.165) is 74.1 Å². The van der Waals surface area contributed by atoms with E-state index in [1.807, 2.05) is 19.2 Å². The fourth-order valence-electron chi connectivity index (χ4n) is 4.14. The van der Waals surface area contributed by atoms with Gasteiger partial charge >= 0.3 is 0 Å². The average Bonchev–Trinajstić information content (AvgIpc) is 2.71. The van der Waals surface area contributed by atoms with Crippen LogP contribution in [0, 0.1) is 18.8 Å². The minimum atomic E-state index is 0.200. The monoisotopic (exact) mass is 373 g/mol. The molecule has 2 aliphatic heterocycles. The number of aromatic nitrogens is 3. The molecule has 0 amide bonds. The van der Waals surface area contributed by atoms with Crippen molar-refractivity contribution in [1.29, 1.82) is 0 Å². The Hall–Kier alpha value is -1.79. The molecule has 0 bridgehead atoms. The molecule has 0 spiro atoms. The summed E-state index contributed by atoms with van der Waals surface area (Å²) in [5.74, 6) is 1.84. The van der Waals surface area contributed by atoms with Crippen molar-refractivity contribution in [3.63, 3.8) is 0 Å². The van der Waals surface area contributed by atoms with Gasteiger partial charge in [0.15, 0.2) is 5.15 Å². The van der Waals surface area contributed by atoms with Crippen molar-refractivity contribution in [2.75, 3.05) is 31.1 Å². The number of anilines is 1. The first kappa shape index (κ1) is 17.6. The predicted molar refractivity (Wildman–Crippen MR) is 103 cm³/mol. The Kier molecular flexibility index (Phi) is 5.05.